The third-order valence-corrected chi connectivity index (χ3v) is 7.83. The lowest BCUT2D eigenvalue weighted by atomic mass is 9.90. The molecule has 0 fully saturated rings. The molecule has 0 radical (unpaired) electrons. The van der Waals surface area contributed by atoms with E-state index in [1.54, 1.807) is 53.7 Å². The number of hydrogen-bond acceptors (Lipinski definition) is 5. The number of hydrogen-bond donors (Lipinski definition) is 0. The van der Waals surface area contributed by atoms with Crippen molar-refractivity contribution < 1.29 is 14.0 Å². The van der Waals surface area contributed by atoms with E-state index in [4.69, 9.17) is 0 Å². The summed E-state index contributed by atoms with van der Waals surface area (Å²) in [5, 5.41) is 1.54. The lowest BCUT2D eigenvalue weighted by molar-refractivity contribution is -0.137. The lowest BCUT2D eigenvalue weighted by Crippen LogP contribution is -2.47. The van der Waals surface area contributed by atoms with Gasteiger partial charge in [-0.3, -0.25) is 24.3 Å². The van der Waals surface area contributed by atoms with Crippen molar-refractivity contribution in [2.45, 2.75) is 40.4 Å². The van der Waals surface area contributed by atoms with Crippen molar-refractivity contribution in [3.63, 3.8) is 0 Å². The molecular formula is C32H34FN5O3. The fourth-order valence-corrected chi connectivity index (χ4v) is 5.45. The Hall–Kier alpha value is -4.37. The molecule has 5 rings (SSSR count). The SMILES string of the molecule is CCN1C(=O)C(C)(C)C(=O)N(C)c2cc(CN(CCn3ccc4ccccc4c3=O)Cc3ccncc3F)ccc21. The molecule has 0 saturated carbocycles. The fourth-order valence-electron chi connectivity index (χ4n) is 5.45. The molecule has 0 spiro atoms. The van der Waals surface area contributed by atoms with Gasteiger partial charge in [0.25, 0.3) is 5.56 Å². The van der Waals surface area contributed by atoms with Crippen LogP contribution in [0.1, 0.15) is 31.9 Å². The molecule has 0 N–H and O–H groups in total. The molecule has 0 unspecified atom stereocenters. The molecule has 1 aliphatic rings. The second-order valence-electron chi connectivity index (χ2n) is 10.9. The van der Waals surface area contributed by atoms with Crippen LogP contribution in [0.2, 0.25) is 0 Å². The van der Waals surface area contributed by atoms with Gasteiger partial charge in [0.2, 0.25) is 11.8 Å². The third-order valence-electron chi connectivity index (χ3n) is 7.83. The van der Waals surface area contributed by atoms with E-state index in [-0.39, 0.29) is 17.4 Å². The predicted molar refractivity (Wildman–Crippen MR) is 158 cm³/mol. The van der Waals surface area contributed by atoms with Crippen molar-refractivity contribution >= 4 is 34.0 Å². The van der Waals surface area contributed by atoms with Gasteiger partial charge < -0.3 is 14.4 Å². The Morgan fingerprint density at radius 1 is 0.951 bits per heavy atom. The monoisotopic (exact) mass is 555 g/mol. The molecule has 9 heteroatoms. The highest BCUT2D eigenvalue weighted by Crippen LogP contribution is 2.39. The third kappa shape index (κ3) is 5.37. The van der Waals surface area contributed by atoms with E-state index < -0.39 is 11.2 Å². The molecule has 4 aromatic rings. The molecule has 3 heterocycles. The molecule has 8 nitrogen and oxygen atoms in total. The molecule has 2 aromatic heterocycles. The Labute approximate surface area is 238 Å². The van der Waals surface area contributed by atoms with Crippen LogP contribution in [0.25, 0.3) is 10.8 Å². The van der Waals surface area contributed by atoms with Crippen LogP contribution < -0.4 is 15.4 Å². The zero-order valence-electron chi connectivity index (χ0n) is 23.8. The van der Waals surface area contributed by atoms with Crippen LogP contribution >= 0.6 is 0 Å². The number of fused-ring (bicyclic) bond motifs is 2. The predicted octanol–water partition coefficient (Wildman–Crippen LogP) is 4.59. The van der Waals surface area contributed by atoms with Crippen molar-refractivity contribution in [1.29, 1.82) is 0 Å². The highest BCUT2D eigenvalue weighted by Gasteiger charge is 2.45. The molecule has 0 aliphatic carbocycles. The highest BCUT2D eigenvalue weighted by atomic mass is 19.1. The Balaban J connectivity index is 1.46. The van der Waals surface area contributed by atoms with E-state index in [0.717, 1.165) is 10.9 Å². The molecule has 1 aliphatic heterocycles. The largest absolute Gasteiger partial charge is 0.314 e. The molecular weight excluding hydrogens is 521 g/mol. The second kappa shape index (κ2) is 11.2. The highest BCUT2D eigenvalue weighted by molar-refractivity contribution is 6.19. The molecule has 41 heavy (non-hydrogen) atoms. The van der Waals surface area contributed by atoms with E-state index >= 15 is 0 Å². The molecule has 0 bridgehead atoms. The van der Waals surface area contributed by atoms with Crippen LogP contribution in [0.15, 0.2) is 78.0 Å². The summed E-state index contributed by atoms with van der Waals surface area (Å²) >= 11 is 0. The standard InChI is InChI=1S/C32H34FN5O3/c1-5-38-27-11-10-22(18-28(27)35(4)30(40)32(2,3)31(38)41)20-36(21-24-12-14-34-19-26(24)33)16-17-37-15-13-23-8-6-7-9-25(23)29(37)39/h6-15,18-19H,5,16-17,20-21H2,1-4H3. The number of aromatic nitrogens is 2. The summed E-state index contributed by atoms with van der Waals surface area (Å²) in [7, 11) is 1.69. The lowest BCUT2D eigenvalue weighted by Gasteiger charge is -2.27. The fraction of sp³-hybridized carbons (Fsp3) is 0.312. The maximum Gasteiger partial charge on any atom is 0.258 e. The number of anilines is 2. The Morgan fingerprint density at radius 2 is 1.73 bits per heavy atom. The average Bonchev–Trinajstić information content (AvgIpc) is 3.02. The molecule has 2 amide bonds. The van der Waals surface area contributed by atoms with Gasteiger partial charge in [-0.05, 0) is 62.1 Å². The molecule has 212 valence electrons. The van der Waals surface area contributed by atoms with Gasteiger partial charge in [0.1, 0.15) is 11.2 Å². The maximum atomic E-state index is 14.6. The first-order chi connectivity index (χ1) is 19.6. The minimum absolute atomic E-state index is 0.0738. The van der Waals surface area contributed by atoms with Crippen LogP contribution in [0, 0.1) is 11.2 Å². The Kier molecular flexibility index (Phi) is 7.73. The molecule has 0 saturated heterocycles. The van der Waals surface area contributed by atoms with Crippen LogP contribution in [0.4, 0.5) is 15.8 Å². The first-order valence-electron chi connectivity index (χ1n) is 13.7. The Bertz CT molecular complexity index is 1680. The zero-order chi connectivity index (χ0) is 29.3. The minimum Gasteiger partial charge on any atom is -0.314 e. The van der Waals surface area contributed by atoms with Crippen molar-refractivity contribution in [3.8, 4) is 0 Å². The van der Waals surface area contributed by atoms with Gasteiger partial charge in [-0.1, -0.05) is 24.3 Å². The van der Waals surface area contributed by atoms with E-state index in [1.165, 1.54) is 6.20 Å². The van der Waals surface area contributed by atoms with Gasteiger partial charge in [-0.15, -0.1) is 0 Å². The maximum absolute atomic E-state index is 14.6. The number of carbonyl (C=O) groups is 2. The van der Waals surface area contributed by atoms with Gasteiger partial charge in [0.05, 0.1) is 17.6 Å². The topological polar surface area (TPSA) is 78.8 Å². The van der Waals surface area contributed by atoms with E-state index in [1.807, 2.05) is 55.5 Å². The van der Waals surface area contributed by atoms with Crippen LogP contribution in [0.5, 0.6) is 0 Å². The van der Waals surface area contributed by atoms with Crippen LogP contribution in [0.3, 0.4) is 0 Å². The molecule has 2 aromatic carbocycles. The summed E-state index contributed by atoms with van der Waals surface area (Å²) in [6.45, 7) is 7.25. The number of pyridine rings is 2. The van der Waals surface area contributed by atoms with Gasteiger partial charge in [0, 0.05) is 63.1 Å². The van der Waals surface area contributed by atoms with E-state index in [0.29, 0.717) is 55.0 Å². The summed E-state index contributed by atoms with van der Waals surface area (Å²) in [4.78, 5) is 48.8. The summed E-state index contributed by atoms with van der Waals surface area (Å²) in [6, 6.07) is 16.8. The second-order valence-corrected chi connectivity index (χ2v) is 10.9. The number of halogens is 1. The summed E-state index contributed by atoms with van der Waals surface area (Å²) in [6.07, 6.45) is 4.55. The van der Waals surface area contributed by atoms with Crippen molar-refractivity contribution in [3.05, 3.63) is 100 Å². The zero-order valence-corrected chi connectivity index (χ0v) is 23.8. The average molecular weight is 556 g/mol. The number of benzene rings is 2. The summed E-state index contributed by atoms with van der Waals surface area (Å²) in [5.74, 6) is -0.908. The Morgan fingerprint density at radius 3 is 2.49 bits per heavy atom. The molecule has 0 atom stereocenters. The van der Waals surface area contributed by atoms with Gasteiger partial charge in [0.15, 0.2) is 0 Å². The number of nitrogens with zero attached hydrogens (tertiary/aromatic N) is 5. The quantitative estimate of drug-likeness (QED) is 0.297. The normalized spacial score (nSPS) is 15.0. The van der Waals surface area contributed by atoms with Gasteiger partial charge in [-0.25, -0.2) is 4.39 Å². The first-order valence-corrected chi connectivity index (χ1v) is 13.7. The number of carbonyl (C=O) groups excluding carboxylic acids is 2. The van der Waals surface area contributed by atoms with Crippen molar-refractivity contribution in [1.82, 2.24) is 14.5 Å². The van der Waals surface area contributed by atoms with Crippen LogP contribution in [-0.2, 0) is 29.2 Å². The van der Waals surface area contributed by atoms with Crippen molar-refractivity contribution in [2.24, 2.45) is 5.41 Å². The number of rotatable bonds is 8. The smallest absolute Gasteiger partial charge is 0.258 e. The van der Waals surface area contributed by atoms with Gasteiger partial charge >= 0.3 is 0 Å². The van der Waals surface area contributed by atoms with Gasteiger partial charge in [-0.2, -0.15) is 0 Å². The minimum atomic E-state index is -1.19. The van der Waals surface area contributed by atoms with E-state index in [9.17, 15) is 18.8 Å². The van der Waals surface area contributed by atoms with Crippen LogP contribution in [-0.4, -0.2) is 46.4 Å². The first kappa shape index (κ1) is 28.2. The van der Waals surface area contributed by atoms with Crippen molar-refractivity contribution in [2.75, 3.05) is 29.9 Å². The summed E-state index contributed by atoms with van der Waals surface area (Å²) in [5.41, 5.74) is 1.45. The van der Waals surface area contributed by atoms with E-state index in [2.05, 4.69) is 9.88 Å². The summed E-state index contributed by atoms with van der Waals surface area (Å²) < 4.78 is 16.3. The number of amides is 2.